The van der Waals surface area contributed by atoms with Crippen LogP contribution in [-0.2, 0) is 15.1 Å². The number of aliphatic carboxylic acids is 1. The number of ether oxygens (including phenoxy) is 1. The van der Waals surface area contributed by atoms with Gasteiger partial charge in [-0.3, -0.25) is 0 Å². The third-order valence-electron chi connectivity index (χ3n) is 2.75. The fourth-order valence-corrected chi connectivity index (χ4v) is 1.98. The molecule has 1 aliphatic rings. The molecule has 0 spiro atoms. The molecule has 1 aromatic rings. The first-order valence-electron chi connectivity index (χ1n) is 4.58. The number of carbonyl (C=O) groups is 1. The largest absolute Gasteiger partial charge is 1.00 e. The van der Waals surface area contributed by atoms with Crippen molar-refractivity contribution in [3.05, 3.63) is 34.9 Å². The van der Waals surface area contributed by atoms with Gasteiger partial charge in [0.05, 0.1) is 5.97 Å². The number of epoxide rings is 1. The summed E-state index contributed by atoms with van der Waals surface area (Å²) in [6.45, 7) is 3.44. The van der Waals surface area contributed by atoms with E-state index in [4.69, 9.17) is 16.3 Å². The molecular formula is C11H10ClNaO3. The smallest absolute Gasteiger partial charge is 0.546 e. The third-order valence-corrected chi connectivity index (χ3v) is 3.00. The van der Waals surface area contributed by atoms with Crippen LogP contribution in [0.4, 0.5) is 0 Å². The molecule has 0 radical (unpaired) electrons. The van der Waals surface area contributed by atoms with E-state index in [9.17, 15) is 9.90 Å². The van der Waals surface area contributed by atoms with E-state index in [1.807, 2.05) is 0 Å². The SMILES string of the molecule is CC1(C)OC1(C(=O)[O-])c1ccc(Cl)cc1.[Na+]. The van der Waals surface area contributed by atoms with Crippen molar-refractivity contribution in [1.82, 2.24) is 0 Å². The first kappa shape index (κ1) is 14.0. The van der Waals surface area contributed by atoms with Crippen molar-refractivity contribution >= 4 is 17.6 Å². The van der Waals surface area contributed by atoms with Crippen molar-refractivity contribution in [1.29, 1.82) is 0 Å². The van der Waals surface area contributed by atoms with Gasteiger partial charge in [-0.05, 0) is 31.5 Å². The molecule has 0 saturated carbocycles. The van der Waals surface area contributed by atoms with Crippen molar-refractivity contribution in [3.8, 4) is 0 Å². The maximum absolute atomic E-state index is 11.1. The maximum atomic E-state index is 11.1. The van der Waals surface area contributed by atoms with E-state index < -0.39 is 17.2 Å². The van der Waals surface area contributed by atoms with Crippen molar-refractivity contribution in [3.63, 3.8) is 0 Å². The van der Waals surface area contributed by atoms with Gasteiger partial charge >= 0.3 is 29.6 Å². The van der Waals surface area contributed by atoms with Crippen LogP contribution in [0.2, 0.25) is 5.02 Å². The van der Waals surface area contributed by atoms with Crippen LogP contribution < -0.4 is 34.7 Å². The zero-order valence-electron chi connectivity index (χ0n) is 9.41. The summed E-state index contributed by atoms with van der Waals surface area (Å²) in [5, 5.41) is 11.7. The zero-order valence-corrected chi connectivity index (χ0v) is 12.2. The number of hydrogen-bond acceptors (Lipinski definition) is 3. The second kappa shape index (κ2) is 4.31. The van der Waals surface area contributed by atoms with Gasteiger partial charge < -0.3 is 14.6 Å². The summed E-state index contributed by atoms with van der Waals surface area (Å²) in [5.41, 5.74) is -1.48. The van der Waals surface area contributed by atoms with Crippen LogP contribution in [0.3, 0.4) is 0 Å². The van der Waals surface area contributed by atoms with Gasteiger partial charge in [0.25, 0.3) is 0 Å². The summed E-state index contributed by atoms with van der Waals surface area (Å²) >= 11 is 5.73. The molecule has 2 rings (SSSR count). The number of benzene rings is 1. The van der Waals surface area contributed by atoms with Crippen molar-refractivity contribution < 1.29 is 44.2 Å². The van der Waals surface area contributed by atoms with Gasteiger partial charge in [-0.1, -0.05) is 23.7 Å². The molecule has 80 valence electrons. The average Bonchev–Trinajstić information content (AvgIpc) is 2.72. The fourth-order valence-electron chi connectivity index (χ4n) is 1.85. The Hall–Kier alpha value is -0.0600. The summed E-state index contributed by atoms with van der Waals surface area (Å²) in [4.78, 5) is 11.1. The van der Waals surface area contributed by atoms with Gasteiger partial charge in [-0.25, -0.2) is 0 Å². The second-order valence-corrected chi connectivity index (χ2v) is 4.52. The Labute approximate surface area is 121 Å². The van der Waals surface area contributed by atoms with Gasteiger partial charge in [-0.15, -0.1) is 0 Å². The quantitative estimate of drug-likeness (QED) is 0.454. The first-order valence-corrected chi connectivity index (χ1v) is 4.95. The van der Waals surface area contributed by atoms with Crippen LogP contribution in [0.1, 0.15) is 19.4 Å². The summed E-state index contributed by atoms with van der Waals surface area (Å²) in [5.74, 6) is -1.21. The Morgan fingerprint density at radius 1 is 1.31 bits per heavy atom. The molecule has 3 nitrogen and oxygen atoms in total. The minimum absolute atomic E-state index is 0. The van der Waals surface area contributed by atoms with Gasteiger partial charge in [0.1, 0.15) is 5.60 Å². The maximum Gasteiger partial charge on any atom is 1.00 e. The van der Waals surface area contributed by atoms with E-state index in [2.05, 4.69) is 0 Å². The van der Waals surface area contributed by atoms with Gasteiger partial charge in [0.2, 0.25) is 0 Å². The molecule has 0 N–H and O–H groups in total. The van der Waals surface area contributed by atoms with Crippen LogP contribution in [0, 0.1) is 0 Å². The molecule has 1 heterocycles. The van der Waals surface area contributed by atoms with Crippen LogP contribution in [0.15, 0.2) is 24.3 Å². The molecule has 1 unspecified atom stereocenters. The number of carbonyl (C=O) groups excluding carboxylic acids is 1. The topological polar surface area (TPSA) is 52.7 Å². The fraction of sp³-hybridized carbons (Fsp3) is 0.364. The van der Waals surface area contributed by atoms with Crippen LogP contribution in [-0.4, -0.2) is 11.6 Å². The Balaban J connectivity index is 0.00000128. The number of rotatable bonds is 2. The van der Waals surface area contributed by atoms with Crippen LogP contribution >= 0.6 is 11.6 Å². The Morgan fingerprint density at radius 2 is 1.75 bits per heavy atom. The molecule has 1 fully saturated rings. The molecule has 16 heavy (non-hydrogen) atoms. The Morgan fingerprint density at radius 3 is 2.06 bits per heavy atom. The molecule has 5 heteroatoms. The molecule has 1 aromatic carbocycles. The Kier molecular flexibility index (Phi) is 3.78. The van der Waals surface area contributed by atoms with Gasteiger partial charge in [0.15, 0.2) is 5.60 Å². The van der Waals surface area contributed by atoms with Crippen LogP contribution in [0.25, 0.3) is 0 Å². The standard InChI is InChI=1S/C11H11ClO3.Na/c1-10(2)11(15-10,9(13)14)7-3-5-8(12)6-4-7;/h3-6H,1-2H3,(H,13,14);/q;+1/p-1. The van der Waals surface area contributed by atoms with Crippen LogP contribution in [0.5, 0.6) is 0 Å². The molecule has 0 bridgehead atoms. The normalized spacial score (nSPS) is 25.7. The van der Waals surface area contributed by atoms with E-state index in [1.165, 1.54) is 0 Å². The van der Waals surface area contributed by atoms with E-state index in [0.717, 1.165) is 0 Å². The summed E-state index contributed by atoms with van der Waals surface area (Å²) in [7, 11) is 0. The number of hydrogen-bond donors (Lipinski definition) is 0. The van der Waals surface area contributed by atoms with E-state index in [1.54, 1.807) is 38.1 Å². The molecule has 0 aliphatic carbocycles. The number of halogens is 1. The first-order chi connectivity index (χ1) is 6.90. The second-order valence-electron chi connectivity index (χ2n) is 4.09. The predicted octanol–water partition coefficient (Wildman–Crippen LogP) is -1.90. The average molecular weight is 249 g/mol. The molecule has 0 aromatic heterocycles. The number of carboxylic acid groups (broad SMARTS) is 1. The van der Waals surface area contributed by atoms with Gasteiger partial charge in [0, 0.05) is 5.02 Å². The van der Waals surface area contributed by atoms with Crippen molar-refractivity contribution in [2.45, 2.75) is 25.0 Å². The number of carboxylic acids is 1. The molecule has 0 amide bonds. The van der Waals surface area contributed by atoms with E-state index in [-0.39, 0.29) is 29.6 Å². The van der Waals surface area contributed by atoms with Gasteiger partial charge in [-0.2, -0.15) is 0 Å². The predicted molar refractivity (Wildman–Crippen MR) is 53.3 cm³/mol. The summed E-state index contributed by atoms with van der Waals surface area (Å²) in [6.07, 6.45) is 0. The minimum atomic E-state index is -1.32. The Bertz CT molecular complexity index is 416. The van der Waals surface area contributed by atoms with Crippen molar-refractivity contribution in [2.75, 3.05) is 0 Å². The minimum Gasteiger partial charge on any atom is -0.546 e. The third kappa shape index (κ3) is 1.91. The summed E-state index contributed by atoms with van der Waals surface area (Å²) in [6, 6.07) is 6.57. The van der Waals surface area contributed by atoms with E-state index >= 15 is 0 Å². The summed E-state index contributed by atoms with van der Waals surface area (Å²) < 4.78 is 5.27. The molecule has 1 saturated heterocycles. The molecule has 1 aliphatic heterocycles. The monoisotopic (exact) mass is 248 g/mol. The molecule has 1 atom stereocenters. The van der Waals surface area contributed by atoms with E-state index in [0.29, 0.717) is 10.6 Å². The molecular weight excluding hydrogens is 239 g/mol. The van der Waals surface area contributed by atoms with Crippen molar-refractivity contribution in [2.24, 2.45) is 0 Å². The zero-order chi connectivity index (χ0) is 11.3.